The molecule has 0 N–H and O–H groups in total. The first-order valence-electron chi connectivity index (χ1n) is 9.22. The van der Waals surface area contributed by atoms with E-state index >= 15 is 0 Å². The highest BCUT2D eigenvalue weighted by Gasteiger charge is 2.30. The molecule has 28 heavy (non-hydrogen) atoms. The van der Waals surface area contributed by atoms with Crippen LogP contribution < -0.4 is 0 Å². The van der Waals surface area contributed by atoms with Crippen molar-refractivity contribution in [1.29, 1.82) is 0 Å². The van der Waals surface area contributed by atoms with Crippen molar-refractivity contribution < 1.29 is 18.0 Å². The third-order valence-electron chi connectivity index (χ3n) is 4.90. The molecule has 0 aliphatic carbocycles. The molecule has 0 bridgehead atoms. The first-order chi connectivity index (χ1) is 13.3. The SMILES string of the molecule is O=C(Cc1ccc(C(F)(F)F)cc1)N1CCCN(Cc2ccc(Cl)cc2)CC1. The highest BCUT2D eigenvalue weighted by atomic mass is 35.5. The molecular formula is C21H22ClF3N2O. The van der Waals surface area contributed by atoms with Gasteiger partial charge in [0.2, 0.25) is 5.91 Å². The van der Waals surface area contributed by atoms with Crippen molar-refractivity contribution in [2.24, 2.45) is 0 Å². The Kier molecular flexibility index (Phi) is 6.62. The Morgan fingerprint density at radius 1 is 0.893 bits per heavy atom. The van der Waals surface area contributed by atoms with Crippen molar-refractivity contribution in [2.45, 2.75) is 25.6 Å². The molecule has 1 fully saturated rings. The van der Waals surface area contributed by atoms with Crippen molar-refractivity contribution >= 4 is 17.5 Å². The van der Waals surface area contributed by atoms with E-state index in [9.17, 15) is 18.0 Å². The number of carbonyl (C=O) groups is 1. The fraction of sp³-hybridized carbons (Fsp3) is 0.381. The van der Waals surface area contributed by atoms with Crippen molar-refractivity contribution in [1.82, 2.24) is 9.80 Å². The first-order valence-corrected chi connectivity index (χ1v) is 9.60. The van der Waals surface area contributed by atoms with Crippen LogP contribution in [0.3, 0.4) is 0 Å². The zero-order valence-corrected chi connectivity index (χ0v) is 16.1. The van der Waals surface area contributed by atoms with Gasteiger partial charge in [-0.2, -0.15) is 13.2 Å². The van der Waals surface area contributed by atoms with Crippen LogP contribution in [0.4, 0.5) is 13.2 Å². The molecule has 1 saturated heterocycles. The molecule has 1 amide bonds. The Hall–Kier alpha value is -2.05. The first kappa shape index (κ1) is 20.7. The summed E-state index contributed by atoms with van der Waals surface area (Å²) in [7, 11) is 0. The van der Waals surface area contributed by atoms with Gasteiger partial charge in [-0.3, -0.25) is 9.69 Å². The molecule has 0 saturated carbocycles. The fourth-order valence-corrected chi connectivity index (χ4v) is 3.45. The third kappa shape index (κ3) is 5.72. The highest BCUT2D eigenvalue weighted by Crippen LogP contribution is 2.29. The number of nitrogens with zero attached hydrogens (tertiary/aromatic N) is 2. The lowest BCUT2D eigenvalue weighted by Crippen LogP contribution is -2.36. The average molecular weight is 411 g/mol. The number of carbonyl (C=O) groups excluding carboxylic acids is 1. The summed E-state index contributed by atoms with van der Waals surface area (Å²) in [5.74, 6) is -0.0481. The van der Waals surface area contributed by atoms with E-state index in [0.717, 1.165) is 38.2 Å². The molecule has 3 nitrogen and oxygen atoms in total. The molecule has 0 spiro atoms. The molecule has 0 atom stereocenters. The summed E-state index contributed by atoms with van der Waals surface area (Å²) in [6.45, 7) is 3.75. The van der Waals surface area contributed by atoms with E-state index in [1.165, 1.54) is 17.7 Å². The van der Waals surface area contributed by atoms with Crippen LogP contribution in [0.1, 0.15) is 23.1 Å². The highest BCUT2D eigenvalue weighted by molar-refractivity contribution is 6.30. The molecule has 7 heteroatoms. The molecule has 1 aliphatic rings. The molecule has 0 aromatic heterocycles. The summed E-state index contributed by atoms with van der Waals surface area (Å²) in [6, 6.07) is 12.6. The number of amides is 1. The van der Waals surface area contributed by atoms with Crippen LogP contribution in [0.15, 0.2) is 48.5 Å². The summed E-state index contributed by atoms with van der Waals surface area (Å²) in [6.07, 6.45) is -3.37. The Morgan fingerprint density at radius 3 is 2.18 bits per heavy atom. The molecule has 150 valence electrons. The van der Waals surface area contributed by atoms with Gasteiger partial charge < -0.3 is 4.90 Å². The van der Waals surface area contributed by atoms with E-state index in [0.29, 0.717) is 23.7 Å². The summed E-state index contributed by atoms with van der Waals surface area (Å²) in [5.41, 5.74) is 1.07. The normalized spacial score (nSPS) is 16.1. The minimum absolute atomic E-state index is 0.0481. The fourth-order valence-electron chi connectivity index (χ4n) is 3.32. The van der Waals surface area contributed by atoms with Crippen molar-refractivity contribution in [2.75, 3.05) is 26.2 Å². The zero-order chi connectivity index (χ0) is 20.1. The van der Waals surface area contributed by atoms with Crippen molar-refractivity contribution in [3.63, 3.8) is 0 Å². The smallest absolute Gasteiger partial charge is 0.341 e. The maximum atomic E-state index is 12.6. The topological polar surface area (TPSA) is 23.6 Å². The number of halogens is 4. The van der Waals surface area contributed by atoms with Crippen LogP contribution in [-0.2, 0) is 23.9 Å². The van der Waals surface area contributed by atoms with Gasteiger partial charge in [-0.25, -0.2) is 0 Å². The van der Waals surface area contributed by atoms with Crippen molar-refractivity contribution in [3.8, 4) is 0 Å². The standard InChI is InChI=1S/C21H22ClF3N2O/c22-19-8-4-17(5-9-19)15-26-10-1-11-27(13-12-26)20(28)14-16-2-6-18(7-3-16)21(23,24)25/h2-9H,1,10-15H2. The Labute approximate surface area is 167 Å². The van der Waals surface area contributed by atoms with Crippen LogP contribution in [-0.4, -0.2) is 41.9 Å². The second kappa shape index (κ2) is 8.97. The van der Waals surface area contributed by atoms with Gasteiger partial charge in [0.25, 0.3) is 0 Å². The van der Waals surface area contributed by atoms with Crippen LogP contribution in [0, 0.1) is 0 Å². The molecular weight excluding hydrogens is 389 g/mol. The van der Waals surface area contributed by atoms with E-state index in [1.807, 2.05) is 24.3 Å². The van der Waals surface area contributed by atoms with Gasteiger partial charge in [-0.05, 0) is 41.8 Å². The summed E-state index contributed by atoms with van der Waals surface area (Å²) >= 11 is 5.92. The van der Waals surface area contributed by atoms with Gasteiger partial charge in [0.15, 0.2) is 0 Å². The van der Waals surface area contributed by atoms with Gasteiger partial charge in [0.1, 0.15) is 0 Å². The lowest BCUT2D eigenvalue weighted by atomic mass is 10.1. The zero-order valence-electron chi connectivity index (χ0n) is 15.4. The number of rotatable bonds is 4. The Bertz CT molecular complexity index is 791. The van der Waals surface area contributed by atoms with Crippen LogP contribution in [0.25, 0.3) is 0 Å². The Morgan fingerprint density at radius 2 is 1.54 bits per heavy atom. The quantitative estimate of drug-likeness (QED) is 0.733. The van der Waals surface area contributed by atoms with Gasteiger partial charge in [0, 0.05) is 37.7 Å². The minimum atomic E-state index is -4.36. The van der Waals surface area contributed by atoms with E-state index in [2.05, 4.69) is 4.90 Å². The van der Waals surface area contributed by atoms with Crippen LogP contribution in [0.2, 0.25) is 5.02 Å². The number of alkyl halides is 3. The summed E-state index contributed by atoms with van der Waals surface area (Å²) in [4.78, 5) is 16.7. The largest absolute Gasteiger partial charge is 0.416 e. The predicted octanol–water partition coefficient (Wildman–Crippen LogP) is 4.64. The van der Waals surface area contributed by atoms with Crippen LogP contribution >= 0.6 is 11.6 Å². The van der Waals surface area contributed by atoms with E-state index in [-0.39, 0.29) is 12.3 Å². The minimum Gasteiger partial charge on any atom is -0.341 e. The molecule has 1 heterocycles. The molecule has 0 unspecified atom stereocenters. The summed E-state index contributed by atoms with van der Waals surface area (Å²) < 4.78 is 37.9. The molecule has 0 radical (unpaired) electrons. The van der Waals surface area contributed by atoms with E-state index in [1.54, 1.807) is 4.90 Å². The van der Waals surface area contributed by atoms with Crippen molar-refractivity contribution in [3.05, 3.63) is 70.2 Å². The molecule has 3 rings (SSSR count). The van der Waals surface area contributed by atoms with Crippen LogP contribution in [0.5, 0.6) is 0 Å². The monoisotopic (exact) mass is 410 g/mol. The number of hydrogen-bond donors (Lipinski definition) is 0. The maximum Gasteiger partial charge on any atom is 0.416 e. The second-order valence-electron chi connectivity index (χ2n) is 7.01. The second-order valence-corrected chi connectivity index (χ2v) is 7.44. The third-order valence-corrected chi connectivity index (χ3v) is 5.15. The molecule has 1 aliphatic heterocycles. The van der Waals surface area contributed by atoms with Gasteiger partial charge in [0.05, 0.1) is 12.0 Å². The lowest BCUT2D eigenvalue weighted by Gasteiger charge is -2.22. The number of benzene rings is 2. The summed E-state index contributed by atoms with van der Waals surface area (Å²) in [5, 5.41) is 0.708. The average Bonchev–Trinajstić information content (AvgIpc) is 2.89. The van der Waals surface area contributed by atoms with E-state index < -0.39 is 11.7 Å². The lowest BCUT2D eigenvalue weighted by molar-refractivity contribution is -0.137. The van der Waals surface area contributed by atoms with E-state index in [4.69, 9.17) is 11.6 Å². The van der Waals surface area contributed by atoms with Gasteiger partial charge in [-0.15, -0.1) is 0 Å². The van der Waals surface area contributed by atoms with Gasteiger partial charge >= 0.3 is 6.18 Å². The molecule has 2 aromatic rings. The molecule has 2 aromatic carbocycles. The van der Waals surface area contributed by atoms with Gasteiger partial charge in [-0.1, -0.05) is 35.9 Å². The Balaban J connectivity index is 1.53. The number of hydrogen-bond acceptors (Lipinski definition) is 2. The maximum absolute atomic E-state index is 12.6. The predicted molar refractivity (Wildman–Crippen MR) is 103 cm³/mol.